The molecule has 3 nitrogen and oxygen atoms in total. The third-order valence-corrected chi connectivity index (χ3v) is 3.15. The Morgan fingerprint density at radius 1 is 1.56 bits per heavy atom. The molecule has 0 aromatic heterocycles. The van der Waals surface area contributed by atoms with Crippen LogP contribution in [0.4, 0.5) is 4.39 Å². The molecule has 1 aromatic rings. The van der Waals surface area contributed by atoms with Crippen LogP contribution in [0.1, 0.15) is 18.9 Å². The second-order valence-electron chi connectivity index (χ2n) is 5.19. The number of hydrogen-bond donors (Lipinski definition) is 2. The van der Waals surface area contributed by atoms with Crippen molar-refractivity contribution >= 4 is 0 Å². The Hall–Kier alpha value is -1.13. The summed E-state index contributed by atoms with van der Waals surface area (Å²) < 4.78 is 19.8. The highest BCUT2D eigenvalue weighted by molar-refractivity contribution is 5.28. The fourth-order valence-corrected chi connectivity index (χ4v) is 2.43. The van der Waals surface area contributed by atoms with Gasteiger partial charge in [-0.25, -0.2) is 4.39 Å². The lowest BCUT2D eigenvalue weighted by Gasteiger charge is -2.30. The zero-order valence-corrected chi connectivity index (χ0v) is 10.7. The van der Waals surface area contributed by atoms with Crippen molar-refractivity contribution in [2.24, 2.45) is 0 Å². The van der Waals surface area contributed by atoms with Crippen LogP contribution < -0.4 is 5.32 Å². The van der Waals surface area contributed by atoms with Crippen molar-refractivity contribution < 1.29 is 14.2 Å². The summed E-state index contributed by atoms with van der Waals surface area (Å²) in [6.45, 7) is 3.66. The van der Waals surface area contributed by atoms with Gasteiger partial charge in [0, 0.05) is 19.0 Å². The van der Waals surface area contributed by atoms with Gasteiger partial charge in [-0.05, 0) is 31.0 Å². The van der Waals surface area contributed by atoms with Gasteiger partial charge in [0.15, 0.2) is 0 Å². The van der Waals surface area contributed by atoms with Gasteiger partial charge in [-0.1, -0.05) is 12.1 Å². The average Bonchev–Trinajstić information content (AvgIpc) is 2.28. The highest BCUT2D eigenvalue weighted by atomic mass is 19.1. The third kappa shape index (κ3) is 3.96. The number of benzene rings is 1. The number of ether oxygens (including phenoxy) is 1. The van der Waals surface area contributed by atoms with Gasteiger partial charge < -0.3 is 15.2 Å². The van der Waals surface area contributed by atoms with Crippen LogP contribution in [0.3, 0.4) is 0 Å². The van der Waals surface area contributed by atoms with Crippen molar-refractivity contribution in [1.29, 1.82) is 0 Å². The molecular formula is C14H20FNO2. The molecule has 18 heavy (non-hydrogen) atoms. The van der Waals surface area contributed by atoms with E-state index in [9.17, 15) is 9.50 Å². The van der Waals surface area contributed by atoms with E-state index < -0.39 is 5.67 Å². The largest absolute Gasteiger partial charge is 0.508 e. The van der Waals surface area contributed by atoms with Gasteiger partial charge in [-0.15, -0.1) is 0 Å². The summed E-state index contributed by atoms with van der Waals surface area (Å²) in [5, 5.41) is 12.6. The van der Waals surface area contributed by atoms with E-state index in [1.54, 1.807) is 25.1 Å². The lowest BCUT2D eigenvalue weighted by Crippen LogP contribution is -2.45. The molecule has 0 spiro atoms. The summed E-state index contributed by atoms with van der Waals surface area (Å²) >= 11 is 0. The molecule has 1 aromatic carbocycles. The first kappa shape index (κ1) is 13.3. The normalized spacial score (nSPS) is 23.6. The smallest absolute Gasteiger partial charge is 0.115 e. The van der Waals surface area contributed by atoms with Gasteiger partial charge >= 0.3 is 0 Å². The van der Waals surface area contributed by atoms with Crippen molar-refractivity contribution in [3.05, 3.63) is 29.8 Å². The maximum atomic E-state index is 14.5. The number of nitrogens with one attached hydrogen (secondary N) is 1. The zero-order valence-electron chi connectivity index (χ0n) is 10.7. The second kappa shape index (κ2) is 5.67. The monoisotopic (exact) mass is 253 g/mol. The summed E-state index contributed by atoms with van der Waals surface area (Å²) in [5.74, 6) is 0.183. The van der Waals surface area contributed by atoms with Crippen LogP contribution >= 0.6 is 0 Å². The Kier molecular flexibility index (Phi) is 4.19. The summed E-state index contributed by atoms with van der Waals surface area (Å²) in [4.78, 5) is 0. The highest BCUT2D eigenvalue weighted by Gasteiger charge is 2.29. The highest BCUT2D eigenvalue weighted by Crippen LogP contribution is 2.25. The maximum absolute atomic E-state index is 14.5. The molecular weight excluding hydrogens is 233 g/mol. The molecule has 0 amide bonds. The molecule has 2 atom stereocenters. The summed E-state index contributed by atoms with van der Waals surface area (Å²) in [5.41, 5.74) is -0.483. The number of morpholine rings is 1. The lowest BCUT2D eigenvalue weighted by molar-refractivity contribution is 0.0483. The topological polar surface area (TPSA) is 41.5 Å². The van der Waals surface area contributed by atoms with Gasteiger partial charge in [-0.3, -0.25) is 0 Å². The summed E-state index contributed by atoms with van der Waals surface area (Å²) in [6, 6.07) is 6.86. The van der Waals surface area contributed by atoms with Crippen molar-refractivity contribution in [2.45, 2.75) is 31.5 Å². The van der Waals surface area contributed by atoms with E-state index in [1.165, 1.54) is 0 Å². The summed E-state index contributed by atoms with van der Waals surface area (Å²) in [7, 11) is 0. The van der Waals surface area contributed by atoms with Gasteiger partial charge in [0.05, 0.1) is 13.2 Å². The van der Waals surface area contributed by atoms with Gasteiger partial charge in [-0.2, -0.15) is 0 Å². The van der Waals surface area contributed by atoms with E-state index in [2.05, 4.69) is 5.32 Å². The van der Waals surface area contributed by atoms with Crippen molar-refractivity contribution in [1.82, 2.24) is 5.32 Å². The fourth-order valence-electron chi connectivity index (χ4n) is 2.43. The van der Waals surface area contributed by atoms with E-state index >= 15 is 0 Å². The minimum absolute atomic E-state index is 0.0751. The van der Waals surface area contributed by atoms with E-state index in [1.807, 2.05) is 6.07 Å². The van der Waals surface area contributed by atoms with E-state index in [0.29, 0.717) is 26.1 Å². The molecule has 1 heterocycles. The van der Waals surface area contributed by atoms with E-state index in [0.717, 1.165) is 12.1 Å². The number of halogens is 1. The predicted octanol–water partition coefficient (Wildman–Crippen LogP) is 2.04. The number of phenolic OH excluding ortho intramolecular Hbond substituents is 1. The molecule has 0 bridgehead atoms. The van der Waals surface area contributed by atoms with Crippen LogP contribution in [0.25, 0.3) is 0 Å². The van der Waals surface area contributed by atoms with Crippen LogP contribution in [0, 0.1) is 0 Å². The minimum Gasteiger partial charge on any atom is -0.508 e. The SMILES string of the molecule is CC(F)(Cc1cccc(O)c1)CC1COCCN1. The van der Waals surface area contributed by atoms with E-state index in [-0.39, 0.29) is 11.8 Å². The molecule has 2 N–H and O–H groups in total. The van der Waals surface area contributed by atoms with Crippen LogP contribution in [-0.4, -0.2) is 36.6 Å². The number of hydrogen-bond acceptors (Lipinski definition) is 3. The van der Waals surface area contributed by atoms with Crippen LogP contribution in [-0.2, 0) is 11.2 Å². The zero-order chi connectivity index (χ0) is 13.0. The van der Waals surface area contributed by atoms with Crippen LogP contribution in [0.2, 0.25) is 0 Å². The molecule has 100 valence electrons. The van der Waals surface area contributed by atoms with Crippen molar-refractivity contribution in [2.75, 3.05) is 19.8 Å². The first-order valence-corrected chi connectivity index (χ1v) is 6.33. The third-order valence-electron chi connectivity index (χ3n) is 3.15. The second-order valence-corrected chi connectivity index (χ2v) is 5.19. The van der Waals surface area contributed by atoms with Crippen molar-refractivity contribution in [3.63, 3.8) is 0 Å². The Morgan fingerprint density at radius 3 is 3.06 bits per heavy atom. The van der Waals surface area contributed by atoms with Gasteiger partial charge in [0.1, 0.15) is 11.4 Å². The molecule has 4 heteroatoms. The first-order chi connectivity index (χ1) is 8.55. The Morgan fingerprint density at radius 2 is 2.39 bits per heavy atom. The molecule has 1 fully saturated rings. The van der Waals surface area contributed by atoms with Gasteiger partial charge in [0.2, 0.25) is 0 Å². The van der Waals surface area contributed by atoms with Crippen LogP contribution in [0.5, 0.6) is 5.75 Å². The fraction of sp³-hybridized carbons (Fsp3) is 0.571. The Labute approximate surface area is 107 Å². The Balaban J connectivity index is 1.93. The van der Waals surface area contributed by atoms with Crippen molar-refractivity contribution in [3.8, 4) is 5.75 Å². The lowest BCUT2D eigenvalue weighted by atomic mass is 9.91. The molecule has 1 aliphatic rings. The van der Waals surface area contributed by atoms with Gasteiger partial charge in [0.25, 0.3) is 0 Å². The predicted molar refractivity (Wildman–Crippen MR) is 68.6 cm³/mol. The van der Waals surface area contributed by atoms with E-state index in [4.69, 9.17) is 4.74 Å². The summed E-state index contributed by atoms with van der Waals surface area (Å²) in [6.07, 6.45) is 0.724. The van der Waals surface area contributed by atoms with Crippen LogP contribution in [0.15, 0.2) is 24.3 Å². The molecule has 0 aliphatic carbocycles. The number of rotatable bonds is 4. The Bertz CT molecular complexity index is 389. The molecule has 1 saturated heterocycles. The maximum Gasteiger partial charge on any atom is 0.115 e. The average molecular weight is 253 g/mol. The molecule has 0 radical (unpaired) electrons. The minimum atomic E-state index is -1.30. The quantitative estimate of drug-likeness (QED) is 0.863. The first-order valence-electron chi connectivity index (χ1n) is 6.33. The molecule has 2 unspecified atom stereocenters. The molecule has 0 saturated carbocycles. The number of alkyl halides is 1. The number of aromatic hydroxyl groups is 1. The molecule has 1 aliphatic heterocycles. The molecule has 2 rings (SSSR count). The standard InChI is InChI=1S/C14H20FNO2/c1-14(15,9-12-10-18-6-5-16-12)8-11-3-2-4-13(17)7-11/h2-4,7,12,16-17H,5-6,8-10H2,1H3. The number of phenols is 1.